The summed E-state index contributed by atoms with van der Waals surface area (Å²) in [5.41, 5.74) is 3.95. The Bertz CT molecular complexity index is 993. The van der Waals surface area contributed by atoms with Gasteiger partial charge in [0.25, 0.3) is 5.91 Å². The summed E-state index contributed by atoms with van der Waals surface area (Å²) in [5.74, 6) is 0.122. The predicted octanol–water partition coefficient (Wildman–Crippen LogP) is 3.66. The minimum atomic E-state index is -0.285. The number of amides is 1. The molecular weight excluding hydrogens is 417 g/mol. The number of morpholine rings is 1. The number of hydrogen-bond acceptors (Lipinski definition) is 6. The van der Waals surface area contributed by atoms with E-state index in [4.69, 9.17) is 9.47 Å². The predicted molar refractivity (Wildman–Crippen MR) is 117 cm³/mol. The molecule has 1 amide bonds. The summed E-state index contributed by atoms with van der Waals surface area (Å²) in [4.78, 5) is 19.2. The number of rotatable bonds is 8. The number of carbonyl (C=O) groups excluding carboxylic acids is 1. The van der Waals surface area contributed by atoms with Gasteiger partial charge in [-0.1, -0.05) is 18.2 Å². The minimum absolute atomic E-state index is 0.132. The van der Waals surface area contributed by atoms with Gasteiger partial charge < -0.3 is 14.8 Å². The lowest BCUT2D eigenvalue weighted by atomic mass is 10.0. The summed E-state index contributed by atoms with van der Waals surface area (Å²) >= 11 is 1.51. The molecule has 3 aromatic rings. The molecule has 162 valence electrons. The molecule has 1 fully saturated rings. The normalized spacial score (nSPS) is 15.4. The van der Waals surface area contributed by atoms with E-state index in [9.17, 15) is 9.18 Å². The first kappa shape index (κ1) is 21.4. The topological polar surface area (TPSA) is 63.7 Å². The minimum Gasteiger partial charge on any atom is -0.487 e. The standard InChI is InChI=1S/C23H24FN3O3S/c24-19-5-1-3-17(11-19)22(27-7-9-29-10-8-27)13-25-23(28)18-4-2-6-21(12-18)30-14-20-15-31-16-26-20/h1-6,11-12,15-16,22H,7-10,13-14H2,(H,25,28). The van der Waals surface area contributed by atoms with E-state index in [1.54, 1.807) is 29.8 Å². The van der Waals surface area contributed by atoms with Crippen molar-refractivity contribution in [3.05, 3.63) is 82.1 Å². The van der Waals surface area contributed by atoms with Crippen LogP contribution in [0, 0.1) is 5.82 Å². The fourth-order valence-corrected chi connectivity index (χ4v) is 4.09. The Morgan fingerprint density at radius 2 is 2.06 bits per heavy atom. The highest BCUT2D eigenvalue weighted by atomic mass is 32.1. The number of halogens is 1. The van der Waals surface area contributed by atoms with E-state index < -0.39 is 0 Å². The Balaban J connectivity index is 1.42. The maximum atomic E-state index is 13.8. The van der Waals surface area contributed by atoms with E-state index in [1.165, 1.54) is 23.5 Å². The highest BCUT2D eigenvalue weighted by Crippen LogP contribution is 2.22. The van der Waals surface area contributed by atoms with Gasteiger partial charge in [-0.2, -0.15) is 0 Å². The van der Waals surface area contributed by atoms with E-state index >= 15 is 0 Å². The van der Waals surface area contributed by atoms with Crippen LogP contribution in [0.5, 0.6) is 5.75 Å². The molecule has 2 aromatic carbocycles. The number of nitrogens with zero attached hydrogens (tertiary/aromatic N) is 2. The molecule has 0 saturated carbocycles. The molecule has 6 nitrogen and oxygen atoms in total. The van der Waals surface area contributed by atoms with Crippen LogP contribution in [0.25, 0.3) is 0 Å². The maximum absolute atomic E-state index is 13.8. The molecule has 1 unspecified atom stereocenters. The van der Waals surface area contributed by atoms with Crippen LogP contribution in [0.1, 0.15) is 27.7 Å². The van der Waals surface area contributed by atoms with Crippen molar-refractivity contribution >= 4 is 17.2 Å². The lowest BCUT2D eigenvalue weighted by Gasteiger charge is -2.35. The molecule has 8 heteroatoms. The van der Waals surface area contributed by atoms with Crippen molar-refractivity contribution in [2.24, 2.45) is 0 Å². The van der Waals surface area contributed by atoms with Gasteiger partial charge in [0.05, 0.1) is 30.5 Å². The highest BCUT2D eigenvalue weighted by Gasteiger charge is 2.24. The summed E-state index contributed by atoms with van der Waals surface area (Å²) in [6.07, 6.45) is 0. The Morgan fingerprint density at radius 3 is 2.84 bits per heavy atom. The largest absolute Gasteiger partial charge is 0.487 e. The second kappa shape index (κ2) is 10.5. The number of aromatic nitrogens is 1. The SMILES string of the molecule is O=C(NCC(c1cccc(F)c1)N1CCOCC1)c1cccc(OCc2cscn2)c1. The first-order valence-electron chi connectivity index (χ1n) is 10.1. The summed E-state index contributed by atoms with van der Waals surface area (Å²) in [5, 5.41) is 4.93. The average Bonchev–Trinajstić information content (AvgIpc) is 3.32. The van der Waals surface area contributed by atoms with E-state index in [2.05, 4.69) is 15.2 Å². The molecule has 0 radical (unpaired) electrons. The summed E-state index contributed by atoms with van der Waals surface area (Å²) in [7, 11) is 0. The molecular formula is C23H24FN3O3S. The van der Waals surface area contributed by atoms with Crippen molar-refractivity contribution in [2.45, 2.75) is 12.6 Å². The Hall–Kier alpha value is -2.81. The van der Waals surface area contributed by atoms with Gasteiger partial charge in [-0.3, -0.25) is 9.69 Å². The van der Waals surface area contributed by atoms with Crippen LogP contribution in [-0.4, -0.2) is 48.6 Å². The number of carbonyl (C=O) groups is 1. The Labute approximate surface area is 184 Å². The van der Waals surface area contributed by atoms with Gasteiger partial charge in [-0.05, 0) is 35.9 Å². The van der Waals surface area contributed by atoms with Crippen molar-refractivity contribution in [3.63, 3.8) is 0 Å². The molecule has 31 heavy (non-hydrogen) atoms. The van der Waals surface area contributed by atoms with Crippen molar-refractivity contribution < 1.29 is 18.7 Å². The molecule has 1 aromatic heterocycles. The third kappa shape index (κ3) is 5.88. The zero-order valence-electron chi connectivity index (χ0n) is 17.0. The maximum Gasteiger partial charge on any atom is 0.251 e. The second-order valence-electron chi connectivity index (χ2n) is 7.23. The van der Waals surface area contributed by atoms with Crippen molar-refractivity contribution in [1.29, 1.82) is 0 Å². The summed E-state index contributed by atoms with van der Waals surface area (Å²) in [6.45, 7) is 3.43. The number of benzene rings is 2. The molecule has 1 saturated heterocycles. The van der Waals surface area contributed by atoms with Crippen LogP contribution < -0.4 is 10.1 Å². The van der Waals surface area contributed by atoms with E-state index in [0.29, 0.717) is 37.7 Å². The zero-order valence-corrected chi connectivity index (χ0v) is 17.8. The monoisotopic (exact) mass is 441 g/mol. The van der Waals surface area contributed by atoms with Gasteiger partial charge >= 0.3 is 0 Å². The smallest absolute Gasteiger partial charge is 0.251 e. The fraction of sp³-hybridized carbons (Fsp3) is 0.304. The first-order chi connectivity index (χ1) is 15.2. The molecule has 4 rings (SSSR count). The molecule has 0 aliphatic carbocycles. The van der Waals surface area contributed by atoms with Crippen molar-refractivity contribution in [1.82, 2.24) is 15.2 Å². The van der Waals surface area contributed by atoms with Gasteiger partial charge in [-0.15, -0.1) is 11.3 Å². The van der Waals surface area contributed by atoms with Gasteiger partial charge in [0.15, 0.2) is 0 Å². The summed E-state index contributed by atoms with van der Waals surface area (Å²) in [6, 6.07) is 13.5. The lowest BCUT2D eigenvalue weighted by molar-refractivity contribution is 0.0162. The quantitative estimate of drug-likeness (QED) is 0.578. The van der Waals surface area contributed by atoms with E-state index in [-0.39, 0.29) is 17.8 Å². The second-order valence-corrected chi connectivity index (χ2v) is 7.94. The van der Waals surface area contributed by atoms with Gasteiger partial charge in [-0.25, -0.2) is 9.37 Å². The molecule has 2 heterocycles. The molecule has 1 aliphatic rings. The van der Waals surface area contributed by atoms with Gasteiger partial charge in [0, 0.05) is 30.6 Å². The molecule has 1 N–H and O–H groups in total. The number of ether oxygens (including phenoxy) is 2. The van der Waals surface area contributed by atoms with Gasteiger partial charge in [0.1, 0.15) is 18.2 Å². The Morgan fingerprint density at radius 1 is 1.23 bits per heavy atom. The van der Waals surface area contributed by atoms with Crippen LogP contribution in [-0.2, 0) is 11.3 Å². The van der Waals surface area contributed by atoms with Crippen LogP contribution in [0.15, 0.2) is 59.4 Å². The number of thiazole rings is 1. The fourth-order valence-electron chi connectivity index (χ4n) is 3.55. The zero-order chi connectivity index (χ0) is 21.5. The van der Waals surface area contributed by atoms with Crippen LogP contribution >= 0.6 is 11.3 Å². The average molecular weight is 442 g/mol. The van der Waals surface area contributed by atoms with Crippen LogP contribution in [0.2, 0.25) is 0 Å². The van der Waals surface area contributed by atoms with E-state index in [0.717, 1.165) is 24.3 Å². The van der Waals surface area contributed by atoms with Gasteiger partial charge in [0.2, 0.25) is 0 Å². The molecule has 1 aliphatic heterocycles. The highest BCUT2D eigenvalue weighted by molar-refractivity contribution is 7.07. The number of hydrogen-bond donors (Lipinski definition) is 1. The van der Waals surface area contributed by atoms with Crippen molar-refractivity contribution in [2.75, 3.05) is 32.8 Å². The first-order valence-corrected chi connectivity index (χ1v) is 11.1. The molecule has 1 atom stereocenters. The van der Waals surface area contributed by atoms with Crippen molar-refractivity contribution in [3.8, 4) is 5.75 Å². The van der Waals surface area contributed by atoms with E-state index in [1.807, 2.05) is 17.5 Å². The molecule has 0 spiro atoms. The van der Waals surface area contributed by atoms with Crippen LogP contribution in [0.3, 0.4) is 0 Å². The molecule has 0 bridgehead atoms. The third-order valence-corrected chi connectivity index (χ3v) is 5.78. The number of nitrogens with one attached hydrogen (secondary N) is 1. The lowest BCUT2D eigenvalue weighted by Crippen LogP contribution is -2.43. The van der Waals surface area contributed by atoms with Crippen LogP contribution in [0.4, 0.5) is 4.39 Å². The third-order valence-electron chi connectivity index (χ3n) is 5.14. The Kier molecular flexibility index (Phi) is 7.24. The summed E-state index contributed by atoms with van der Waals surface area (Å²) < 4.78 is 25.0.